The van der Waals surface area contributed by atoms with Crippen LogP contribution in [0.1, 0.15) is 20.3 Å². The van der Waals surface area contributed by atoms with Gasteiger partial charge in [0, 0.05) is 13.2 Å². The Morgan fingerprint density at radius 2 is 2.25 bits per heavy atom. The van der Waals surface area contributed by atoms with Crippen LogP contribution < -0.4 is 11.1 Å². The number of hydrogen-bond donors (Lipinski definition) is 2. The molecule has 0 aromatic carbocycles. The molecule has 0 heterocycles. The van der Waals surface area contributed by atoms with Gasteiger partial charge in [0.05, 0.1) is 5.54 Å². The molecule has 0 rings (SSSR count). The molecule has 1 amide bonds. The maximum absolute atomic E-state index is 11.0. The second-order valence-corrected chi connectivity index (χ2v) is 2.89. The summed E-state index contributed by atoms with van der Waals surface area (Å²) in [6.45, 7) is 4.91. The number of ether oxygens (including phenoxy) is 1. The second-order valence-electron chi connectivity index (χ2n) is 2.89. The van der Waals surface area contributed by atoms with Crippen molar-refractivity contribution in [1.82, 2.24) is 5.32 Å². The highest BCUT2D eigenvalue weighted by atomic mass is 16.5. The fraction of sp³-hybridized carbons (Fsp3) is 0.875. The highest BCUT2D eigenvalue weighted by Crippen LogP contribution is 2.07. The summed E-state index contributed by atoms with van der Waals surface area (Å²) >= 11 is 0. The minimum atomic E-state index is -0.644. The van der Waals surface area contributed by atoms with Crippen LogP contribution in [0, 0.1) is 0 Å². The van der Waals surface area contributed by atoms with E-state index in [-0.39, 0.29) is 5.91 Å². The van der Waals surface area contributed by atoms with Crippen LogP contribution >= 0.6 is 0 Å². The van der Waals surface area contributed by atoms with E-state index in [9.17, 15) is 4.79 Å². The van der Waals surface area contributed by atoms with Gasteiger partial charge in [-0.05, 0) is 27.3 Å². The lowest BCUT2D eigenvalue weighted by molar-refractivity contribution is -0.124. The molecule has 0 aliphatic heterocycles. The largest absolute Gasteiger partial charge is 0.382 e. The molecule has 3 N–H and O–H groups in total. The molecule has 0 saturated carbocycles. The van der Waals surface area contributed by atoms with Crippen LogP contribution in [-0.4, -0.2) is 31.7 Å². The Morgan fingerprint density at radius 3 is 2.58 bits per heavy atom. The van der Waals surface area contributed by atoms with Gasteiger partial charge in [-0.3, -0.25) is 4.79 Å². The van der Waals surface area contributed by atoms with E-state index in [1.54, 1.807) is 14.0 Å². The lowest BCUT2D eigenvalue weighted by Crippen LogP contribution is -2.52. The van der Waals surface area contributed by atoms with Crippen molar-refractivity contribution in [3.05, 3.63) is 0 Å². The molecule has 12 heavy (non-hydrogen) atoms. The number of rotatable bonds is 6. The molecule has 0 aliphatic carbocycles. The van der Waals surface area contributed by atoms with Crippen LogP contribution in [0.15, 0.2) is 0 Å². The van der Waals surface area contributed by atoms with Crippen molar-refractivity contribution in [2.45, 2.75) is 25.8 Å². The number of carbonyl (C=O) groups is 1. The maximum Gasteiger partial charge on any atom is 0.237 e. The first-order valence-corrected chi connectivity index (χ1v) is 4.13. The maximum atomic E-state index is 11.0. The highest BCUT2D eigenvalue weighted by Gasteiger charge is 2.28. The van der Waals surface area contributed by atoms with Crippen molar-refractivity contribution in [2.75, 3.05) is 20.3 Å². The van der Waals surface area contributed by atoms with Crippen LogP contribution in [-0.2, 0) is 9.53 Å². The molecule has 1 atom stereocenters. The van der Waals surface area contributed by atoms with Gasteiger partial charge in [0.1, 0.15) is 0 Å². The average molecular weight is 174 g/mol. The zero-order chi connectivity index (χ0) is 9.61. The lowest BCUT2D eigenvalue weighted by atomic mass is 9.98. The molecule has 72 valence electrons. The van der Waals surface area contributed by atoms with Crippen molar-refractivity contribution in [1.29, 1.82) is 0 Å². The first-order chi connectivity index (χ1) is 5.56. The standard InChI is InChI=1S/C8H18N2O2/c1-4-12-6-5-8(2,10-3)7(9)11/h10H,4-6H2,1-3H3,(H2,9,11). The predicted molar refractivity (Wildman–Crippen MR) is 47.8 cm³/mol. The minimum absolute atomic E-state index is 0.343. The summed E-state index contributed by atoms with van der Waals surface area (Å²) in [5.41, 5.74) is 4.56. The summed E-state index contributed by atoms with van der Waals surface area (Å²) in [5.74, 6) is -0.343. The van der Waals surface area contributed by atoms with E-state index < -0.39 is 5.54 Å². The summed E-state index contributed by atoms with van der Waals surface area (Å²) in [5, 5.41) is 2.88. The smallest absolute Gasteiger partial charge is 0.237 e. The molecule has 0 spiro atoms. The van der Waals surface area contributed by atoms with E-state index in [0.29, 0.717) is 19.6 Å². The molecule has 4 nitrogen and oxygen atoms in total. The SMILES string of the molecule is CCOCCC(C)(NC)C(N)=O. The van der Waals surface area contributed by atoms with Crippen molar-refractivity contribution in [3.8, 4) is 0 Å². The Hall–Kier alpha value is -0.610. The Morgan fingerprint density at radius 1 is 1.67 bits per heavy atom. The average Bonchev–Trinajstić information content (AvgIpc) is 2.04. The topological polar surface area (TPSA) is 64.3 Å². The highest BCUT2D eigenvalue weighted by molar-refractivity contribution is 5.84. The Labute approximate surface area is 73.5 Å². The molecule has 0 saturated heterocycles. The third-order valence-corrected chi connectivity index (χ3v) is 2.05. The van der Waals surface area contributed by atoms with Gasteiger partial charge in [0.15, 0.2) is 0 Å². The second kappa shape index (κ2) is 5.11. The van der Waals surface area contributed by atoms with Gasteiger partial charge in [-0.2, -0.15) is 0 Å². The first-order valence-electron chi connectivity index (χ1n) is 4.13. The molecule has 0 fully saturated rings. The van der Waals surface area contributed by atoms with E-state index in [2.05, 4.69) is 5.32 Å². The third kappa shape index (κ3) is 3.19. The van der Waals surface area contributed by atoms with Gasteiger partial charge in [0.25, 0.3) is 0 Å². The molecule has 0 radical (unpaired) electrons. The fourth-order valence-electron chi connectivity index (χ4n) is 0.792. The van der Waals surface area contributed by atoms with Crippen molar-refractivity contribution in [2.24, 2.45) is 5.73 Å². The van der Waals surface area contributed by atoms with E-state index in [1.165, 1.54) is 0 Å². The predicted octanol–water partition coefficient (Wildman–Crippen LogP) is -0.124. The van der Waals surface area contributed by atoms with Crippen LogP contribution in [0.25, 0.3) is 0 Å². The molecular formula is C8H18N2O2. The van der Waals surface area contributed by atoms with Gasteiger partial charge in [-0.25, -0.2) is 0 Å². The van der Waals surface area contributed by atoms with Crippen molar-refractivity contribution in [3.63, 3.8) is 0 Å². The Bertz CT molecular complexity index is 150. The summed E-state index contributed by atoms with van der Waals surface area (Å²) in [6.07, 6.45) is 0.604. The Balaban J connectivity index is 3.88. The summed E-state index contributed by atoms with van der Waals surface area (Å²) < 4.78 is 5.13. The normalized spacial score (nSPS) is 15.6. The van der Waals surface area contributed by atoms with Crippen molar-refractivity contribution >= 4 is 5.91 Å². The summed E-state index contributed by atoms with van der Waals surface area (Å²) in [6, 6.07) is 0. The van der Waals surface area contributed by atoms with E-state index in [4.69, 9.17) is 10.5 Å². The molecule has 0 bridgehead atoms. The fourth-order valence-corrected chi connectivity index (χ4v) is 0.792. The number of nitrogens with two attached hydrogens (primary N) is 1. The number of hydrogen-bond acceptors (Lipinski definition) is 3. The zero-order valence-electron chi connectivity index (χ0n) is 8.02. The van der Waals surface area contributed by atoms with Gasteiger partial charge < -0.3 is 15.8 Å². The summed E-state index contributed by atoms with van der Waals surface area (Å²) in [7, 11) is 1.72. The van der Waals surface area contributed by atoms with Crippen LogP contribution in [0.3, 0.4) is 0 Å². The molecule has 0 aromatic heterocycles. The van der Waals surface area contributed by atoms with E-state index >= 15 is 0 Å². The summed E-state index contributed by atoms with van der Waals surface area (Å²) in [4.78, 5) is 11.0. The van der Waals surface area contributed by atoms with Crippen LogP contribution in [0.2, 0.25) is 0 Å². The minimum Gasteiger partial charge on any atom is -0.382 e. The lowest BCUT2D eigenvalue weighted by Gasteiger charge is -2.24. The number of likely N-dealkylation sites (N-methyl/N-ethyl adjacent to an activating group) is 1. The Kier molecular flexibility index (Phi) is 4.85. The van der Waals surface area contributed by atoms with Gasteiger partial charge in [-0.15, -0.1) is 0 Å². The van der Waals surface area contributed by atoms with Crippen LogP contribution in [0.5, 0.6) is 0 Å². The zero-order valence-corrected chi connectivity index (χ0v) is 8.02. The molecule has 0 aliphatic rings. The monoisotopic (exact) mass is 174 g/mol. The number of primary amides is 1. The molecule has 1 unspecified atom stereocenters. The quantitative estimate of drug-likeness (QED) is 0.552. The van der Waals surface area contributed by atoms with Gasteiger partial charge in [-0.1, -0.05) is 0 Å². The van der Waals surface area contributed by atoms with Gasteiger partial charge in [0.2, 0.25) is 5.91 Å². The number of nitrogens with one attached hydrogen (secondary N) is 1. The van der Waals surface area contributed by atoms with E-state index in [0.717, 1.165) is 0 Å². The molecule has 0 aromatic rings. The van der Waals surface area contributed by atoms with Crippen molar-refractivity contribution < 1.29 is 9.53 Å². The third-order valence-electron chi connectivity index (χ3n) is 2.05. The molecular weight excluding hydrogens is 156 g/mol. The molecule has 4 heteroatoms. The first kappa shape index (κ1) is 11.4. The van der Waals surface area contributed by atoms with Crippen LogP contribution in [0.4, 0.5) is 0 Å². The number of amides is 1. The number of carbonyl (C=O) groups excluding carboxylic acids is 1. The van der Waals surface area contributed by atoms with E-state index in [1.807, 2.05) is 6.92 Å². The van der Waals surface area contributed by atoms with Gasteiger partial charge >= 0.3 is 0 Å².